The molecule has 0 N–H and O–H groups in total. The third-order valence-corrected chi connectivity index (χ3v) is 4.46. The first kappa shape index (κ1) is 18.1. The summed E-state index contributed by atoms with van der Waals surface area (Å²) in [4.78, 5) is 14.0. The summed E-state index contributed by atoms with van der Waals surface area (Å²) in [5.74, 6) is 1.23. The van der Waals surface area contributed by atoms with Crippen LogP contribution in [0.3, 0.4) is 0 Å². The van der Waals surface area contributed by atoms with E-state index in [2.05, 4.69) is 6.07 Å². The Bertz CT molecular complexity index is 926. The molecule has 0 atom stereocenters. The normalized spacial score (nSPS) is 10.6. The number of nitrogens with zero attached hydrogens (tertiary/aromatic N) is 1. The standard InChI is InChI=1S/C21H20ClNO3/c1-23(21(24)14-26-20-6-4-3-5-19(20)22)13-15-7-8-17-12-18(25-2)10-9-16(17)11-15/h3-12H,13-14H2,1-2H3. The zero-order valence-corrected chi connectivity index (χ0v) is 15.5. The van der Waals surface area contributed by atoms with Crippen molar-refractivity contribution in [1.29, 1.82) is 0 Å². The van der Waals surface area contributed by atoms with Crippen molar-refractivity contribution in [3.05, 3.63) is 71.2 Å². The van der Waals surface area contributed by atoms with Gasteiger partial charge in [-0.25, -0.2) is 0 Å². The van der Waals surface area contributed by atoms with Gasteiger partial charge in [-0.05, 0) is 46.7 Å². The SMILES string of the molecule is COc1ccc2cc(CN(C)C(=O)COc3ccccc3Cl)ccc2c1. The summed E-state index contributed by atoms with van der Waals surface area (Å²) in [6.07, 6.45) is 0. The molecule has 3 aromatic carbocycles. The number of rotatable bonds is 6. The number of hydrogen-bond acceptors (Lipinski definition) is 3. The first-order valence-electron chi connectivity index (χ1n) is 8.25. The molecule has 0 aliphatic carbocycles. The molecular formula is C21H20ClNO3. The maximum absolute atomic E-state index is 12.3. The molecule has 0 saturated carbocycles. The predicted octanol–water partition coefficient (Wildman–Crippen LogP) is 4.54. The van der Waals surface area contributed by atoms with Crippen molar-refractivity contribution in [2.75, 3.05) is 20.8 Å². The molecule has 0 spiro atoms. The van der Waals surface area contributed by atoms with Gasteiger partial charge in [0.25, 0.3) is 5.91 Å². The number of halogens is 1. The molecule has 1 amide bonds. The summed E-state index contributed by atoms with van der Waals surface area (Å²) in [5, 5.41) is 2.70. The second kappa shape index (κ2) is 8.11. The number of carbonyl (C=O) groups excluding carboxylic acids is 1. The van der Waals surface area contributed by atoms with Crippen LogP contribution in [-0.4, -0.2) is 31.6 Å². The Morgan fingerprint density at radius 2 is 1.77 bits per heavy atom. The third-order valence-electron chi connectivity index (χ3n) is 4.15. The number of hydrogen-bond donors (Lipinski definition) is 0. The van der Waals surface area contributed by atoms with E-state index in [4.69, 9.17) is 21.1 Å². The van der Waals surface area contributed by atoms with Crippen LogP contribution in [0.25, 0.3) is 10.8 Å². The molecule has 0 saturated heterocycles. The largest absolute Gasteiger partial charge is 0.497 e. The molecule has 26 heavy (non-hydrogen) atoms. The van der Waals surface area contributed by atoms with Crippen LogP contribution in [0.4, 0.5) is 0 Å². The van der Waals surface area contributed by atoms with Crippen molar-refractivity contribution in [3.8, 4) is 11.5 Å². The van der Waals surface area contributed by atoms with Crippen LogP contribution in [0.1, 0.15) is 5.56 Å². The summed E-state index contributed by atoms with van der Waals surface area (Å²) in [7, 11) is 3.41. The maximum atomic E-state index is 12.3. The predicted molar refractivity (Wildman–Crippen MR) is 104 cm³/mol. The van der Waals surface area contributed by atoms with Gasteiger partial charge >= 0.3 is 0 Å². The minimum atomic E-state index is -0.111. The zero-order valence-electron chi connectivity index (χ0n) is 14.7. The number of methoxy groups -OCH3 is 1. The smallest absolute Gasteiger partial charge is 0.260 e. The van der Waals surface area contributed by atoms with E-state index in [-0.39, 0.29) is 12.5 Å². The monoisotopic (exact) mass is 369 g/mol. The lowest BCUT2D eigenvalue weighted by Gasteiger charge is -2.18. The van der Waals surface area contributed by atoms with Crippen LogP contribution < -0.4 is 9.47 Å². The van der Waals surface area contributed by atoms with Crippen LogP contribution in [0.5, 0.6) is 11.5 Å². The van der Waals surface area contributed by atoms with Gasteiger partial charge in [0, 0.05) is 13.6 Å². The van der Waals surface area contributed by atoms with Gasteiger partial charge < -0.3 is 14.4 Å². The van der Waals surface area contributed by atoms with Crippen molar-refractivity contribution in [3.63, 3.8) is 0 Å². The van der Waals surface area contributed by atoms with Gasteiger partial charge in [-0.3, -0.25) is 4.79 Å². The highest BCUT2D eigenvalue weighted by molar-refractivity contribution is 6.32. The van der Waals surface area contributed by atoms with E-state index in [1.165, 1.54) is 0 Å². The van der Waals surface area contributed by atoms with Gasteiger partial charge in [0.05, 0.1) is 12.1 Å². The Morgan fingerprint density at radius 1 is 1.04 bits per heavy atom. The van der Waals surface area contributed by atoms with Crippen LogP contribution in [0.2, 0.25) is 5.02 Å². The van der Waals surface area contributed by atoms with E-state index in [0.29, 0.717) is 17.3 Å². The molecule has 3 rings (SSSR count). The second-order valence-electron chi connectivity index (χ2n) is 6.02. The average Bonchev–Trinajstić information content (AvgIpc) is 2.66. The number of fused-ring (bicyclic) bond motifs is 1. The molecule has 0 unspecified atom stereocenters. The fraction of sp³-hybridized carbons (Fsp3) is 0.190. The number of likely N-dealkylation sites (N-methyl/N-ethyl adjacent to an activating group) is 1. The van der Waals surface area contributed by atoms with E-state index in [1.807, 2.05) is 42.5 Å². The van der Waals surface area contributed by atoms with Crippen molar-refractivity contribution in [2.24, 2.45) is 0 Å². The lowest BCUT2D eigenvalue weighted by atomic mass is 10.1. The molecule has 0 fully saturated rings. The van der Waals surface area contributed by atoms with Crippen LogP contribution in [0, 0.1) is 0 Å². The molecule has 0 aromatic heterocycles. The summed E-state index contributed by atoms with van der Waals surface area (Å²) in [6.45, 7) is 0.456. The maximum Gasteiger partial charge on any atom is 0.260 e. The highest BCUT2D eigenvalue weighted by atomic mass is 35.5. The highest BCUT2D eigenvalue weighted by Crippen LogP contribution is 2.24. The van der Waals surface area contributed by atoms with Gasteiger partial charge in [0.1, 0.15) is 11.5 Å². The fourth-order valence-electron chi connectivity index (χ4n) is 2.67. The molecule has 134 valence electrons. The topological polar surface area (TPSA) is 38.8 Å². The average molecular weight is 370 g/mol. The molecule has 0 bridgehead atoms. The van der Waals surface area contributed by atoms with E-state index >= 15 is 0 Å². The minimum Gasteiger partial charge on any atom is -0.497 e. The van der Waals surface area contributed by atoms with Crippen molar-refractivity contribution < 1.29 is 14.3 Å². The molecule has 0 aliphatic rings. The van der Waals surface area contributed by atoms with Crippen molar-refractivity contribution >= 4 is 28.3 Å². The Kier molecular flexibility index (Phi) is 5.64. The lowest BCUT2D eigenvalue weighted by molar-refractivity contribution is -0.132. The number of carbonyl (C=O) groups is 1. The number of amides is 1. The van der Waals surface area contributed by atoms with Gasteiger partial charge in [-0.15, -0.1) is 0 Å². The van der Waals surface area contributed by atoms with Gasteiger partial charge in [-0.2, -0.15) is 0 Å². The van der Waals surface area contributed by atoms with Crippen LogP contribution in [-0.2, 0) is 11.3 Å². The van der Waals surface area contributed by atoms with E-state index in [1.54, 1.807) is 31.2 Å². The minimum absolute atomic E-state index is 0.0506. The zero-order chi connectivity index (χ0) is 18.5. The van der Waals surface area contributed by atoms with Crippen LogP contribution in [0.15, 0.2) is 60.7 Å². The van der Waals surface area contributed by atoms with Gasteiger partial charge in [0.15, 0.2) is 6.61 Å². The van der Waals surface area contributed by atoms with E-state index in [9.17, 15) is 4.79 Å². The Balaban J connectivity index is 1.63. The Morgan fingerprint density at radius 3 is 2.54 bits per heavy atom. The molecule has 0 heterocycles. The first-order chi connectivity index (χ1) is 12.6. The molecule has 5 heteroatoms. The Labute approximate surface area is 157 Å². The van der Waals surface area contributed by atoms with Crippen molar-refractivity contribution in [2.45, 2.75) is 6.54 Å². The highest BCUT2D eigenvalue weighted by Gasteiger charge is 2.11. The number of ether oxygens (including phenoxy) is 2. The summed E-state index contributed by atoms with van der Waals surface area (Å²) >= 11 is 6.04. The quantitative estimate of drug-likeness (QED) is 0.640. The fourth-order valence-corrected chi connectivity index (χ4v) is 2.86. The lowest BCUT2D eigenvalue weighted by Crippen LogP contribution is -2.31. The molecular weight excluding hydrogens is 350 g/mol. The van der Waals surface area contributed by atoms with E-state index < -0.39 is 0 Å². The summed E-state index contributed by atoms with van der Waals surface area (Å²) in [5.41, 5.74) is 1.05. The van der Waals surface area contributed by atoms with Crippen molar-refractivity contribution in [1.82, 2.24) is 4.90 Å². The summed E-state index contributed by atoms with van der Waals surface area (Å²) < 4.78 is 10.8. The molecule has 0 radical (unpaired) electrons. The van der Waals surface area contributed by atoms with Crippen LogP contribution >= 0.6 is 11.6 Å². The molecule has 4 nitrogen and oxygen atoms in total. The second-order valence-corrected chi connectivity index (χ2v) is 6.42. The number of para-hydroxylation sites is 1. The molecule has 3 aromatic rings. The number of benzene rings is 3. The summed E-state index contributed by atoms with van der Waals surface area (Å²) in [6, 6.07) is 19.2. The molecule has 0 aliphatic heterocycles. The first-order valence-corrected chi connectivity index (χ1v) is 8.62. The Hall–Kier alpha value is -2.72. The third kappa shape index (κ3) is 4.27. The van der Waals surface area contributed by atoms with E-state index in [0.717, 1.165) is 22.1 Å². The van der Waals surface area contributed by atoms with Gasteiger partial charge in [-0.1, -0.05) is 41.9 Å². The van der Waals surface area contributed by atoms with Gasteiger partial charge in [0.2, 0.25) is 0 Å².